The van der Waals surface area contributed by atoms with Crippen LogP contribution in [0, 0.1) is 12.7 Å². The van der Waals surface area contributed by atoms with Crippen LogP contribution in [-0.4, -0.2) is 33.9 Å². The van der Waals surface area contributed by atoms with Crippen LogP contribution in [0.5, 0.6) is 0 Å². The van der Waals surface area contributed by atoms with Crippen LogP contribution in [0.4, 0.5) is 10.1 Å². The highest BCUT2D eigenvalue weighted by Crippen LogP contribution is 2.42. The Morgan fingerprint density at radius 2 is 1.64 bits per heavy atom. The fourth-order valence-corrected chi connectivity index (χ4v) is 4.89. The van der Waals surface area contributed by atoms with Gasteiger partial charge in [-0.3, -0.25) is 14.5 Å². The van der Waals surface area contributed by atoms with Gasteiger partial charge in [0.25, 0.3) is 5.91 Å². The molecule has 36 heavy (non-hydrogen) atoms. The van der Waals surface area contributed by atoms with E-state index < -0.39 is 5.82 Å². The van der Waals surface area contributed by atoms with E-state index in [0.717, 1.165) is 28.2 Å². The molecule has 0 bridgehead atoms. The number of hydrogen-bond donors (Lipinski definition) is 0. The molecule has 1 aromatic heterocycles. The molecule has 0 saturated carbocycles. The van der Waals surface area contributed by atoms with E-state index >= 15 is 0 Å². The lowest BCUT2D eigenvalue weighted by atomic mass is 9.96. The second kappa shape index (κ2) is 9.46. The first-order valence-electron chi connectivity index (χ1n) is 12.1. The van der Waals surface area contributed by atoms with Crippen LogP contribution in [0.25, 0.3) is 5.69 Å². The molecule has 182 valence electrons. The fourth-order valence-electron chi connectivity index (χ4n) is 4.89. The molecule has 3 aromatic carbocycles. The van der Waals surface area contributed by atoms with Gasteiger partial charge < -0.3 is 9.47 Å². The highest BCUT2D eigenvalue weighted by atomic mass is 19.1. The van der Waals surface area contributed by atoms with Gasteiger partial charge >= 0.3 is 0 Å². The number of hydrogen-bond acceptors (Lipinski definition) is 2. The van der Waals surface area contributed by atoms with Crippen LogP contribution < -0.4 is 4.90 Å². The van der Waals surface area contributed by atoms with Crippen LogP contribution >= 0.6 is 0 Å². The van der Waals surface area contributed by atoms with Crippen molar-refractivity contribution in [3.63, 3.8) is 0 Å². The van der Waals surface area contributed by atoms with E-state index in [2.05, 4.69) is 10.6 Å². The molecule has 0 spiro atoms. The number of halogens is 1. The number of nitrogens with zero attached hydrogens (tertiary/aromatic N) is 3. The third-order valence-corrected chi connectivity index (χ3v) is 6.63. The number of benzene rings is 3. The number of carbonyl (C=O) groups excluding carboxylic acids is 2. The Hall–Kier alpha value is -4.19. The van der Waals surface area contributed by atoms with Gasteiger partial charge in [-0.2, -0.15) is 0 Å². The van der Waals surface area contributed by atoms with E-state index in [0.29, 0.717) is 5.56 Å². The van der Waals surface area contributed by atoms with Crippen molar-refractivity contribution in [1.82, 2.24) is 9.47 Å². The molecule has 0 fully saturated rings. The molecule has 0 N–H and O–H groups in total. The third kappa shape index (κ3) is 4.19. The van der Waals surface area contributed by atoms with Crippen molar-refractivity contribution in [2.45, 2.75) is 32.9 Å². The summed E-state index contributed by atoms with van der Waals surface area (Å²) in [5.74, 6) is -0.905. The van der Waals surface area contributed by atoms with E-state index in [9.17, 15) is 14.0 Å². The maximum Gasteiger partial charge on any atom is 0.254 e. The second-order valence-electron chi connectivity index (χ2n) is 9.41. The molecular formula is C30H28FN3O2. The van der Waals surface area contributed by atoms with Crippen LogP contribution in [0.1, 0.15) is 47.1 Å². The van der Waals surface area contributed by atoms with Gasteiger partial charge in [0.1, 0.15) is 18.4 Å². The van der Waals surface area contributed by atoms with E-state index in [4.69, 9.17) is 0 Å². The van der Waals surface area contributed by atoms with Gasteiger partial charge in [-0.15, -0.1) is 0 Å². The van der Waals surface area contributed by atoms with Gasteiger partial charge in [0, 0.05) is 17.8 Å². The average molecular weight is 482 g/mol. The molecule has 0 radical (unpaired) electrons. The van der Waals surface area contributed by atoms with Crippen LogP contribution in [0.3, 0.4) is 0 Å². The molecule has 6 heteroatoms. The van der Waals surface area contributed by atoms with Crippen molar-refractivity contribution in [2.75, 3.05) is 11.4 Å². The Bertz CT molecular complexity index is 1420. The number of amides is 2. The molecule has 4 aromatic rings. The first kappa shape index (κ1) is 23.5. The molecule has 0 aliphatic carbocycles. The maximum atomic E-state index is 14.1. The number of rotatable bonds is 5. The van der Waals surface area contributed by atoms with Gasteiger partial charge in [-0.05, 0) is 74.9 Å². The summed E-state index contributed by atoms with van der Waals surface area (Å²) in [5, 5.41) is 0. The minimum atomic E-state index is -0.410. The summed E-state index contributed by atoms with van der Waals surface area (Å²) < 4.78 is 15.6. The first-order chi connectivity index (χ1) is 17.3. The Morgan fingerprint density at radius 1 is 0.917 bits per heavy atom. The van der Waals surface area contributed by atoms with Crippen molar-refractivity contribution in [2.24, 2.45) is 0 Å². The maximum absolute atomic E-state index is 14.1. The van der Waals surface area contributed by atoms with Gasteiger partial charge in [0.05, 0.1) is 17.1 Å². The quantitative estimate of drug-likeness (QED) is 0.356. The zero-order chi connectivity index (χ0) is 25.4. The van der Waals surface area contributed by atoms with Crippen molar-refractivity contribution < 1.29 is 14.0 Å². The molecular weight excluding hydrogens is 453 g/mol. The van der Waals surface area contributed by atoms with Gasteiger partial charge in [0.2, 0.25) is 5.91 Å². The van der Waals surface area contributed by atoms with Gasteiger partial charge in [0.15, 0.2) is 0 Å². The minimum Gasteiger partial charge on any atom is -0.327 e. The van der Waals surface area contributed by atoms with Crippen molar-refractivity contribution >= 4 is 17.5 Å². The molecule has 5 rings (SSSR count). The lowest BCUT2D eigenvalue weighted by Gasteiger charge is -2.40. The lowest BCUT2D eigenvalue weighted by molar-refractivity contribution is -0.120. The van der Waals surface area contributed by atoms with Crippen LogP contribution in [0.2, 0.25) is 0 Å². The summed E-state index contributed by atoms with van der Waals surface area (Å²) in [4.78, 5) is 30.8. The normalized spacial score (nSPS) is 14.4. The summed E-state index contributed by atoms with van der Waals surface area (Å²) in [6, 6.07) is 24.9. The van der Waals surface area contributed by atoms with E-state index in [1.165, 1.54) is 24.3 Å². The van der Waals surface area contributed by atoms with Crippen molar-refractivity contribution in [1.29, 1.82) is 0 Å². The monoisotopic (exact) mass is 481 g/mol. The Balaban J connectivity index is 1.57. The fraction of sp³-hybridized carbons (Fsp3) is 0.200. The number of aromatic nitrogens is 1. The Labute approximate surface area is 210 Å². The summed E-state index contributed by atoms with van der Waals surface area (Å²) in [5.41, 5.74) is 5.13. The molecule has 2 amide bonds. The summed E-state index contributed by atoms with van der Waals surface area (Å²) in [6.45, 7) is 5.68. The zero-order valence-corrected chi connectivity index (χ0v) is 20.6. The van der Waals surface area contributed by atoms with Gasteiger partial charge in [-0.1, -0.05) is 42.0 Å². The topological polar surface area (TPSA) is 45.6 Å². The third-order valence-electron chi connectivity index (χ3n) is 6.63. The summed E-state index contributed by atoms with van der Waals surface area (Å²) >= 11 is 0. The molecule has 1 aliphatic rings. The van der Waals surface area contributed by atoms with Crippen LogP contribution in [0.15, 0.2) is 91.1 Å². The number of aryl methyl sites for hydroxylation is 1. The van der Waals surface area contributed by atoms with Crippen LogP contribution in [-0.2, 0) is 4.79 Å². The predicted molar refractivity (Wildman–Crippen MR) is 139 cm³/mol. The summed E-state index contributed by atoms with van der Waals surface area (Å²) in [7, 11) is 0. The zero-order valence-electron chi connectivity index (χ0n) is 20.6. The lowest BCUT2D eigenvalue weighted by Crippen LogP contribution is -2.48. The number of fused-ring (bicyclic) bond motifs is 3. The Kier molecular flexibility index (Phi) is 6.18. The largest absolute Gasteiger partial charge is 0.327 e. The minimum absolute atomic E-state index is 0.106. The number of para-hydroxylation sites is 2. The highest BCUT2D eigenvalue weighted by molar-refractivity contribution is 6.02. The second-order valence-corrected chi connectivity index (χ2v) is 9.41. The predicted octanol–water partition coefficient (Wildman–Crippen LogP) is 5.91. The number of anilines is 1. The number of carbonyl (C=O) groups is 2. The molecule has 2 heterocycles. The Morgan fingerprint density at radius 3 is 2.33 bits per heavy atom. The molecule has 1 aliphatic heterocycles. The summed E-state index contributed by atoms with van der Waals surface area (Å²) in [6.07, 6.45) is 2.01. The van der Waals surface area contributed by atoms with Crippen molar-refractivity contribution in [3.05, 3.63) is 119 Å². The standard InChI is InChI=1S/C30H28FN3O2/c1-20(2)33(30(36)22-13-15-24(31)16-14-22)19-28(35)34-26-11-5-4-10-25(26)32-17-7-12-27(32)29(34)23-9-6-8-21(3)18-23/h4-18,20,29H,19H2,1-3H3. The highest BCUT2D eigenvalue weighted by Gasteiger charge is 2.37. The van der Waals surface area contributed by atoms with Gasteiger partial charge in [-0.25, -0.2) is 4.39 Å². The smallest absolute Gasteiger partial charge is 0.254 e. The van der Waals surface area contributed by atoms with E-state index in [1.54, 1.807) is 4.90 Å². The molecule has 0 saturated heterocycles. The molecule has 5 nitrogen and oxygen atoms in total. The average Bonchev–Trinajstić information content (AvgIpc) is 3.36. The first-order valence-corrected chi connectivity index (χ1v) is 12.1. The van der Waals surface area contributed by atoms with Crippen molar-refractivity contribution in [3.8, 4) is 5.69 Å². The molecule has 1 unspecified atom stereocenters. The van der Waals surface area contributed by atoms with E-state index in [-0.39, 0.29) is 30.4 Å². The SMILES string of the molecule is Cc1cccc(C2c3cccn3-c3ccccc3N2C(=O)CN(C(=O)c2ccc(F)cc2)C(C)C)c1. The van der Waals surface area contributed by atoms with E-state index in [1.807, 2.05) is 86.5 Å². The molecule has 1 atom stereocenters.